The maximum Gasteiger partial charge on any atom is 0.191 e. The van der Waals surface area contributed by atoms with Crippen molar-refractivity contribution < 1.29 is 4.74 Å². The predicted octanol–water partition coefficient (Wildman–Crippen LogP) is 5.00. The van der Waals surface area contributed by atoms with Crippen molar-refractivity contribution in [1.82, 2.24) is 14.8 Å². The fourth-order valence-electron chi connectivity index (χ4n) is 2.44. The first-order chi connectivity index (χ1) is 11.6. The van der Waals surface area contributed by atoms with Gasteiger partial charge in [-0.15, -0.1) is 10.2 Å². The molecule has 3 aromatic rings. The van der Waals surface area contributed by atoms with Gasteiger partial charge in [0.15, 0.2) is 11.0 Å². The van der Waals surface area contributed by atoms with Crippen LogP contribution in [-0.4, -0.2) is 21.9 Å². The van der Waals surface area contributed by atoms with Crippen LogP contribution in [0.25, 0.3) is 11.4 Å². The Hall–Kier alpha value is -1.98. The lowest BCUT2D eigenvalue weighted by molar-refractivity contribution is 0.415. The summed E-state index contributed by atoms with van der Waals surface area (Å²) in [6, 6.07) is 15.7. The first-order valence-corrected chi connectivity index (χ1v) is 8.81. The van der Waals surface area contributed by atoms with E-state index in [0.29, 0.717) is 0 Å². The van der Waals surface area contributed by atoms with Crippen LogP contribution >= 0.6 is 23.4 Å². The van der Waals surface area contributed by atoms with Crippen LogP contribution in [0.3, 0.4) is 0 Å². The highest BCUT2D eigenvalue weighted by Gasteiger charge is 2.17. The van der Waals surface area contributed by atoms with Gasteiger partial charge in [0.2, 0.25) is 0 Å². The quantitative estimate of drug-likeness (QED) is 0.601. The highest BCUT2D eigenvalue weighted by molar-refractivity contribution is 7.99. The van der Waals surface area contributed by atoms with Crippen LogP contribution in [0.15, 0.2) is 53.7 Å². The number of ether oxygens (including phenoxy) is 1. The molecule has 0 saturated carbocycles. The van der Waals surface area contributed by atoms with Gasteiger partial charge in [-0.3, -0.25) is 0 Å². The normalized spacial score (nSPS) is 12.2. The Morgan fingerprint density at radius 2 is 1.79 bits per heavy atom. The number of hydrogen-bond acceptors (Lipinski definition) is 4. The van der Waals surface area contributed by atoms with Gasteiger partial charge < -0.3 is 9.30 Å². The summed E-state index contributed by atoms with van der Waals surface area (Å²) in [6.07, 6.45) is 0. The molecule has 1 aromatic heterocycles. The van der Waals surface area contributed by atoms with E-state index in [1.807, 2.05) is 60.1 Å². The van der Waals surface area contributed by atoms with Crippen LogP contribution in [0.5, 0.6) is 5.75 Å². The zero-order chi connectivity index (χ0) is 17.1. The summed E-state index contributed by atoms with van der Waals surface area (Å²) in [4.78, 5) is 0. The Morgan fingerprint density at radius 3 is 2.46 bits per heavy atom. The number of methoxy groups -OCH3 is 1. The molecule has 0 fully saturated rings. The van der Waals surface area contributed by atoms with Crippen LogP contribution in [0.1, 0.15) is 17.7 Å². The summed E-state index contributed by atoms with van der Waals surface area (Å²) < 4.78 is 7.19. The Morgan fingerprint density at radius 1 is 1.08 bits per heavy atom. The SMILES string of the molecule is COc1ccc(-c2nnc(SC(C)c3ccccc3Cl)n2C)cc1. The second-order valence-electron chi connectivity index (χ2n) is 5.38. The van der Waals surface area contributed by atoms with Crippen LogP contribution < -0.4 is 4.74 Å². The molecule has 1 unspecified atom stereocenters. The Balaban J connectivity index is 1.83. The molecular weight excluding hydrogens is 342 g/mol. The van der Waals surface area contributed by atoms with Crippen molar-refractivity contribution in [3.05, 3.63) is 59.1 Å². The molecule has 0 bridgehead atoms. The van der Waals surface area contributed by atoms with Crippen LogP contribution in [-0.2, 0) is 7.05 Å². The zero-order valence-corrected chi connectivity index (χ0v) is 15.3. The Kier molecular flexibility index (Phi) is 5.11. The van der Waals surface area contributed by atoms with Crippen molar-refractivity contribution in [1.29, 1.82) is 0 Å². The molecule has 4 nitrogen and oxygen atoms in total. The summed E-state index contributed by atoms with van der Waals surface area (Å²) in [5, 5.41) is 10.5. The maximum atomic E-state index is 6.29. The van der Waals surface area contributed by atoms with E-state index in [1.54, 1.807) is 18.9 Å². The summed E-state index contributed by atoms with van der Waals surface area (Å²) in [6.45, 7) is 2.12. The predicted molar refractivity (Wildman–Crippen MR) is 98.7 cm³/mol. The number of thioether (sulfide) groups is 1. The molecule has 0 amide bonds. The van der Waals surface area contributed by atoms with Gasteiger partial charge in [-0.05, 0) is 42.8 Å². The highest BCUT2D eigenvalue weighted by Crippen LogP contribution is 2.37. The van der Waals surface area contributed by atoms with E-state index in [1.165, 1.54) is 0 Å². The third-order valence-electron chi connectivity index (χ3n) is 3.81. The van der Waals surface area contributed by atoms with Crippen molar-refractivity contribution >= 4 is 23.4 Å². The van der Waals surface area contributed by atoms with E-state index < -0.39 is 0 Å². The Labute approximate surface area is 150 Å². The minimum Gasteiger partial charge on any atom is -0.497 e. The summed E-state index contributed by atoms with van der Waals surface area (Å²) in [5.41, 5.74) is 2.10. The van der Waals surface area contributed by atoms with Gasteiger partial charge in [-0.25, -0.2) is 0 Å². The third kappa shape index (κ3) is 3.42. The molecule has 0 saturated heterocycles. The smallest absolute Gasteiger partial charge is 0.191 e. The molecule has 0 N–H and O–H groups in total. The first-order valence-electron chi connectivity index (χ1n) is 7.55. The molecule has 6 heteroatoms. The van der Waals surface area contributed by atoms with Crippen molar-refractivity contribution in [2.45, 2.75) is 17.3 Å². The van der Waals surface area contributed by atoms with E-state index in [-0.39, 0.29) is 5.25 Å². The first kappa shape index (κ1) is 16.9. The molecule has 2 aromatic carbocycles. The molecule has 0 aliphatic rings. The minimum atomic E-state index is 0.185. The van der Waals surface area contributed by atoms with Gasteiger partial charge >= 0.3 is 0 Å². The molecule has 24 heavy (non-hydrogen) atoms. The lowest BCUT2D eigenvalue weighted by Crippen LogP contribution is -1.97. The largest absolute Gasteiger partial charge is 0.497 e. The van der Waals surface area contributed by atoms with E-state index in [2.05, 4.69) is 17.1 Å². The molecule has 0 aliphatic carbocycles. The molecule has 0 spiro atoms. The lowest BCUT2D eigenvalue weighted by atomic mass is 10.2. The van der Waals surface area contributed by atoms with Gasteiger partial charge in [-0.2, -0.15) is 0 Å². The summed E-state index contributed by atoms with van der Waals surface area (Å²) >= 11 is 7.93. The molecule has 0 radical (unpaired) electrons. The van der Waals surface area contributed by atoms with Crippen molar-refractivity contribution in [2.24, 2.45) is 7.05 Å². The number of rotatable bonds is 5. The second kappa shape index (κ2) is 7.28. The maximum absolute atomic E-state index is 6.29. The van der Waals surface area contributed by atoms with Gasteiger partial charge in [0.25, 0.3) is 0 Å². The van der Waals surface area contributed by atoms with Gasteiger partial charge in [0, 0.05) is 22.9 Å². The van der Waals surface area contributed by atoms with Gasteiger partial charge in [0.1, 0.15) is 5.75 Å². The standard InChI is InChI=1S/C18H18ClN3OS/c1-12(15-6-4-5-7-16(15)19)24-18-21-20-17(22(18)2)13-8-10-14(23-3)11-9-13/h4-12H,1-3H3. The number of aromatic nitrogens is 3. The van der Waals surface area contributed by atoms with Crippen molar-refractivity contribution in [2.75, 3.05) is 7.11 Å². The van der Waals surface area contributed by atoms with E-state index in [0.717, 1.165) is 32.9 Å². The highest BCUT2D eigenvalue weighted by atomic mass is 35.5. The van der Waals surface area contributed by atoms with E-state index in [9.17, 15) is 0 Å². The number of halogens is 1. The monoisotopic (exact) mass is 359 g/mol. The average molecular weight is 360 g/mol. The number of nitrogens with zero attached hydrogens (tertiary/aromatic N) is 3. The zero-order valence-electron chi connectivity index (χ0n) is 13.7. The van der Waals surface area contributed by atoms with Crippen molar-refractivity contribution in [3.63, 3.8) is 0 Å². The molecule has 0 aliphatic heterocycles. The van der Waals surface area contributed by atoms with E-state index >= 15 is 0 Å². The topological polar surface area (TPSA) is 39.9 Å². The molecule has 1 heterocycles. The minimum absolute atomic E-state index is 0.185. The van der Waals surface area contributed by atoms with Gasteiger partial charge in [0.05, 0.1) is 7.11 Å². The summed E-state index contributed by atoms with van der Waals surface area (Å²) in [5.74, 6) is 1.65. The molecular formula is C18H18ClN3OS. The number of benzene rings is 2. The number of hydrogen-bond donors (Lipinski definition) is 0. The molecule has 124 valence electrons. The van der Waals surface area contributed by atoms with Crippen molar-refractivity contribution in [3.8, 4) is 17.1 Å². The Bertz CT molecular complexity index is 833. The second-order valence-corrected chi connectivity index (χ2v) is 7.09. The third-order valence-corrected chi connectivity index (χ3v) is 5.33. The average Bonchev–Trinajstić information content (AvgIpc) is 2.96. The lowest BCUT2D eigenvalue weighted by Gasteiger charge is -2.12. The van der Waals surface area contributed by atoms with Crippen LogP contribution in [0.2, 0.25) is 5.02 Å². The van der Waals surface area contributed by atoms with E-state index in [4.69, 9.17) is 16.3 Å². The fourth-order valence-corrected chi connectivity index (χ4v) is 3.78. The molecule has 1 atom stereocenters. The fraction of sp³-hybridized carbons (Fsp3) is 0.222. The van der Waals surface area contributed by atoms with Gasteiger partial charge in [-0.1, -0.05) is 41.6 Å². The van der Waals surface area contributed by atoms with Crippen LogP contribution in [0.4, 0.5) is 0 Å². The molecule has 3 rings (SSSR count). The van der Waals surface area contributed by atoms with Crippen LogP contribution in [0, 0.1) is 0 Å². The summed E-state index contributed by atoms with van der Waals surface area (Å²) in [7, 11) is 3.63.